The molecule has 1 aromatic carbocycles. The molecule has 1 saturated heterocycles. The number of nitrogens with one attached hydrogen (secondary N) is 1. The summed E-state index contributed by atoms with van der Waals surface area (Å²) in [5.74, 6) is -2.91. The van der Waals surface area contributed by atoms with E-state index in [0.717, 1.165) is 37.7 Å². The van der Waals surface area contributed by atoms with Crippen LogP contribution in [0.1, 0.15) is 78.7 Å². The zero-order valence-corrected chi connectivity index (χ0v) is 25.1. The van der Waals surface area contributed by atoms with Gasteiger partial charge in [0, 0.05) is 19.1 Å². The molecule has 3 unspecified atom stereocenters. The van der Waals surface area contributed by atoms with Crippen LogP contribution in [0.3, 0.4) is 0 Å². The van der Waals surface area contributed by atoms with Crippen LogP contribution in [0.5, 0.6) is 0 Å². The number of esters is 2. The van der Waals surface area contributed by atoms with Crippen LogP contribution in [0, 0.1) is 23.7 Å². The molecule has 1 amide bonds. The Hall–Kier alpha value is -2.49. The summed E-state index contributed by atoms with van der Waals surface area (Å²) in [6.45, 7) is 10.0. The van der Waals surface area contributed by atoms with Gasteiger partial charge >= 0.3 is 11.9 Å². The molecule has 9 heteroatoms. The summed E-state index contributed by atoms with van der Waals surface area (Å²) in [7, 11) is 1.31. The molecule has 6 atom stereocenters. The van der Waals surface area contributed by atoms with Gasteiger partial charge in [0.2, 0.25) is 5.91 Å². The van der Waals surface area contributed by atoms with Crippen molar-refractivity contribution < 1.29 is 28.7 Å². The van der Waals surface area contributed by atoms with Crippen LogP contribution < -0.4 is 11.1 Å². The van der Waals surface area contributed by atoms with Gasteiger partial charge in [0.1, 0.15) is 23.7 Å². The molecule has 224 valence electrons. The Bertz CT molecular complexity index is 975. The molecule has 3 N–H and O–H groups in total. The van der Waals surface area contributed by atoms with Crippen molar-refractivity contribution in [1.29, 1.82) is 0 Å². The van der Waals surface area contributed by atoms with Crippen molar-refractivity contribution in [3.8, 4) is 0 Å². The molecule has 0 aromatic heterocycles. The van der Waals surface area contributed by atoms with E-state index in [9.17, 15) is 14.4 Å². The van der Waals surface area contributed by atoms with Crippen molar-refractivity contribution in [2.24, 2.45) is 29.4 Å². The molecule has 0 spiro atoms. The van der Waals surface area contributed by atoms with E-state index >= 15 is 0 Å². The van der Waals surface area contributed by atoms with E-state index in [1.807, 2.05) is 65.0 Å². The van der Waals surface area contributed by atoms with Crippen LogP contribution in [-0.4, -0.2) is 60.4 Å². The predicted octanol–water partition coefficient (Wildman–Crippen LogP) is 3.99. The molecule has 2 aliphatic rings. The van der Waals surface area contributed by atoms with Gasteiger partial charge in [-0.1, -0.05) is 69.9 Å². The molecule has 2 fully saturated rings. The highest BCUT2D eigenvalue weighted by Crippen LogP contribution is 2.37. The summed E-state index contributed by atoms with van der Waals surface area (Å²) in [6.07, 6.45) is 4.96. The van der Waals surface area contributed by atoms with Gasteiger partial charge in [-0.3, -0.25) is 14.4 Å². The van der Waals surface area contributed by atoms with Crippen LogP contribution in [0.4, 0.5) is 0 Å². The average Bonchev–Trinajstić information content (AvgIpc) is 3.33. The Labute approximate surface area is 239 Å². The van der Waals surface area contributed by atoms with Crippen LogP contribution in [0.25, 0.3) is 0 Å². The predicted molar refractivity (Wildman–Crippen MR) is 153 cm³/mol. The van der Waals surface area contributed by atoms with Gasteiger partial charge in [0.25, 0.3) is 0 Å². The maximum absolute atomic E-state index is 13.9. The lowest BCUT2D eigenvalue weighted by atomic mass is 9.75. The largest absolute Gasteiger partial charge is 0.467 e. The zero-order valence-electron chi connectivity index (χ0n) is 25.1. The molecule has 1 heterocycles. The number of nitrogens with two attached hydrogens (primary N) is 1. The van der Waals surface area contributed by atoms with Gasteiger partial charge < -0.3 is 20.5 Å². The Balaban J connectivity index is 1.96. The van der Waals surface area contributed by atoms with E-state index in [-0.39, 0.29) is 24.3 Å². The van der Waals surface area contributed by atoms with Gasteiger partial charge in [0.05, 0.1) is 13.0 Å². The summed E-state index contributed by atoms with van der Waals surface area (Å²) in [5.41, 5.74) is 7.17. The normalized spacial score (nSPS) is 23.6. The Kier molecular flexibility index (Phi) is 11.5. The highest BCUT2D eigenvalue weighted by Gasteiger charge is 2.51. The quantitative estimate of drug-likeness (QED) is 0.391. The fourth-order valence-corrected chi connectivity index (χ4v) is 5.80. The molecule has 1 saturated carbocycles. The van der Waals surface area contributed by atoms with Crippen LogP contribution in [0.2, 0.25) is 0 Å². The standard InChI is InChI=1S/C31H49N3O6/c1-7-20(2)26(30(37)38-6)33-28(35)23-19-34(18-21-14-10-8-11-15-21)40-27(23)24(29(36)39-31(3,4)5)25(32)22-16-12-9-13-17-22/h8,10-11,14-15,20,22-27H,7,9,12-13,16-19,32H2,1-6H3,(H,33,35)/t20-,23?,24?,25+,26-,27?/m0/s1. The Morgan fingerprint density at radius 3 is 2.33 bits per heavy atom. The van der Waals surface area contributed by atoms with Crippen molar-refractivity contribution >= 4 is 17.8 Å². The van der Waals surface area contributed by atoms with E-state index in [0.29, 0.717) is 13.0 Å². The number of hydrogen-bond donors (Lipinski definition) is 2. The second kappa shape index (κ2) is 14.4. The lowest BCUT2D eigenvalue weighted by Crippen LogP contribution is -2.55. The van der Waals surface area contributed by atoms with Gasteiger partial charge in [0.15, 0.2) is 0 Å². The van der Waals surface area contributed by atoms with Gasteiger partial charge in [-0.05, 0) is 51.0 Å². The molecule has 9 nitrogen and oxygen atoms in total. The number of hydroxylamine groups is 2. The Morgan fingerprint density at radius 1 is 1.10 bits per heavy atom. The number of hydrogen-bond acceptors (Lipinski definition) is 8. The van der Waals surface area contributed by atoms with E-state index in [1.165, 1.54) is 7.11 Å². The van der Waals surface area contributed by atoms with Crippen molar-refractivity contribution in [3.05, 3.63) is 35.9 Å². The highest BCUT2D eigenvalue weighted by atomic mass is 16.7. The molecular weight excluding hydrogens is 510 g/mol. The van der Waals surface area contributed by atoms with Gasteiger partial charge in [-0.2, -0.15) is 5.06 Å². The maximum atomic E-state index is 13.9. The number of amides is 1. The minimum Gasteiger partial charge on any atom is -0.467 e. The number of carbonyl (C=O) groups is 3. The van der Waals surface area contributed by atoms with Crippen molar-refractivity contribution in [2.45, 2.75) is 103 Å². The number of methoxy groups -OCH3 is 1. The molecule has 1 aliphatic carbocycles. The van der Waals surface area contributed by atoms with Crippen molar-refractivity contribution in [2.75, 3.05) is 13.7 Å². The summed E-state index contributed by atoms with van der Waals surface area (Å²) in [4.78, 5) is 46.7. The van der Waals surface area contributed by atoms with Crippen molar-refractivity contribution in [1.82, 2.24) is 10.4 Å². The van der Waals surface area contributed by atoms with Gasteiger partial charge in [-0.15, -0.1) is 0 Å². The fourth-order valence-electron chi connectivity index (χ4n) is 5.80. The summed E-state index contributed by atoms with van der Waals surface area (Å²) in [5, 5.41) is 4.65. The molecular formula is C31H49N3O6. The molecule has 1 aromatic rings. The van der Waals surface area contributed by atoms with E-state index in [1.54, 1.807) is 5.06 Å². The monoisotopic (exact) mass is 559 g/mol. The molecule has 3 rings (SSSR count). The van der Waals surface area contributed by atoms with E-state index < -0.39 is 47.6 Å². The molecule has 0 bridgehead atoms. The molecule has 0 radical (unpaired) electrons. The minimum atomic E-state index is -0.848. The SMILES string of the molecule is CC[C@H](C)[C@H](NC(=O)C1CN(Cc2ccccc2)OC1C(C(=O)OC(C)(C)C)[C@H](N)C1CCCCC1)C(=O)OC. The summed E-state index contributed by atoms with van der Waals surface area (Å²) >= 11 is 0. The molecule has 1 aliphatic heterocycles. The van der Waals surface area contributed by atoms with Crippen LogP contribution in [0.15, 0.2) is 30.3 Å². The first kappa shape index (κ1) is 32.0. The number of rotatable bonds is 11. The topological polar surface area (TPSA) is 120 Å². The van der Waals surface area contributed by atoms with E-state index in [2.05, 4.69) is 5.32 Å². The number of carbonyl (C=O) groups excluding carboxylic acids is 3. The lowest BCUT2D eigenvalue weighted by Gasteiger charge is -2.37. The number of nitrogens with zero attached hydrogens (tertiary/aromatic N) is 1. The first-order valence-corrected chi connectivity index (χ1v) is 14.8. The zero-order chi connectivity index (χ0) is 29.4. The average molecular weight is 560 g/mol. The maximum Gasteiger partial charge on any atom is 0.328 e. The summed E-state index contributed by atoms with van der Waals surface area (Å²) in [6, 6.07) is 8.47. The first-order chi connectivity index (χ1) is 18.9. The van der Waals surface area contributed by atoms with Crippen LogP contribution in [-0.2, 0) is 35.2 Å². The Morgan fingerprint density at radius 2 is 1.75 bits per heavy atom. The number of ether oxygens (including phenoxy) is 2. The molecule has 40 heavy (non-hydrogen) atoms. The van der Waals surface area contributed by atoms with E-state index in [4.69, 9.17) is 20.0 Å². The van der Waals surface area contributed by atoms with Crippen molar-refractivity contribution in [3.63, 3.8) is 0 Å². The lowest BCUT2D eigenvalue weighted by molar-refractivity contribution is -0.192. The second-order valence-corrected chi connectivity index (χ2v) is 12.4. The third kappa shape index (κ3) is 8.51. The number of benzene rings is 1. The van der Waals surface area contributed by atoms with Gasteiger partial charge in [-0.25, -0.2) is 4.79 Å². The second-order valence-electron chi connectivity index (χ2n) is 12.4. The first-order valence-electron chi connectivity index (χ1n) is 14.8. The smallest absolute Gasteiger partial charge is 0.328 e. The highest BCUT2D eigenvalue weighted by molar-refractivity contribution is 5.87. The third-order valence-electron chi connectivity index (χ3n) is 8.21. The minimum absolute atomic E-state index is 0.129. The summed E-state index contributed by atoms with van der Waals surface area (Å²) < 4.78 is 10.9. The fraction of sp³-hybridized carbons (Fsp3) is 0.710. The van der Waals surface area contributed by atoms with Crippen LogP contribution >= 0.6 is 0 Å². The third-order valence-corrected chi connectivity index (χ3v) is 8.21.